The van der Waals surface area contributed by atoms with E-state index in [0.29, 0.717) is 17.7 Å². The van der Waals surface area contributed by atoms with E-state index in [1.807, 2.05) is 0 Å². The van der Waals surface area contributed by atoms with Crippen molar-refractivity contribution in [3.8, 4) is 0 Å². The van der Waals surface area contributed by atoms with Crippen LogP contribution in [0.2, 0.25) is 0 Å². The summed E-state index contributed by atoms with van der Waals surface area (Å²) in [6.07, 6.45) is 4.71. The molecule has 2 aliphatic heterocycles. The lowest BCUT2D eigenvalue weighted by Gasteiger charge is -2.32. The molecule has 3 heteroatoms. The van der Waals surface area contributed by atoms with Gasteiger partial charge in [-0.15, -0.1) is 0 Å². The highest BCUT2D eigenvalue weighted by Crippen LogP contribution is 2.26. The summed E-state index contributed by atoms with van der Waals surface area (Å²) in [4.78, 5) is 11.6. The molecule has 74 valence electrons. The van der Waals surface area contributed by atoms with E-state index in [4.69, 9.17) is 0 Å². The van der Waals surface area contributed by atoms with Gasteiger partial charge in [-0.25, -0.2) is 0 Å². The summed E-state index contributed by atoms with van der Waals surface area (Å²) in [5, 5.41) is 6.34. The predicted octanol–water partition coefficient (Wildman–Crippen LogP) is 0.512. The quantitative estimate of drug-likeness (QED) is 0.620. The third kappa shape index (κ3) is 2.02. The van der Waals surface area contributed by atoms with Gasteiger partial charge in [0.15, 0.2) is 0 Å². The average molecular weight is 182 g/mol. The van der Waals surface area contributed by atoms with E-state index >= 15 is 0 Å². The fourth-order valence-corrected chi connectivity index (χ4v) is 2.47. The molecule has 2 heterocycles. The first-order chi connectivity index (χ1) is 6.38. The number of carbonyl (C=O) groups excluding carboxylic acids is 1. The Morgan fingerprint density at radius 1 is 1.15 bits per heavy atom. The molecular formula is C10H18N2O. The van der Waals surface area contributed by atoms with Crippen LogP contribution in [0.4, 0.5) is 0 Å². The highest BCUT2D eigenvalue weighted by Gasteiger charge is 2.30. The van der Waals surface area contributed by atoms with Gasteiger partial charge in [-0.2, -0.15) is 0 Å². The molecule has 2 unspecified atom stereocenters. The first-order valence-corrected chi connectivity index (χ1v) is 5.36. The molecule has 2 rings (SSSR count). The fraction of sp³-hybridized carbons (Fsp3) is 0.900. The van der Waals surface area contributed by atoms with Gasteiger partial charge in [0.05, 0.1) is 0 Å². The first kappa shape index (κ1) is 9.00. The molecule has 2 N–H and O–H groups in total. The number of hydrogen-bond donors (Lipinski definition) is 2. The van der Waals surface area contributed by atoms with Crippen LogP contribution in [0, 0.1) is 11.8 Å². The molecule has 0 aromatic carbocycles. The van der Waals surface area contributed by atoms with Crippen molar-refractivity contribution < 1.29 is 4.79 Å². The van der Waals surface area contributed by atoms with E-state index in [-0.39, 0.29) is 0 Å². The van der Waals surface area contributed by atoms with Crippen LogP contribution in [0.25, 0.3) is 0 Å². The Balaban J connectivity index is 1.92. The minimum atomic E-state index is 0.292. The van der Waals surface area contributed by atoms with E-state index < -0.39 is 0 Å². The first-order valence-electron chi connectivity index (χ1n) is 5.36. The summed E-state index contributed by atoms with van der Waals surface area (Å²) in [5.74, 6) is 1.18. The van der Waals surface area contributed by atoms with Crippen molar-refractivity contribution in [3.63, 3.8) is 0 Å². The number of hydrogen-bond acceptors (Lipinski definition) is 2. The molecule has 3 nitrogen and oxygen atoms in total. The van der Waals surface area contributed by atoms with Crippen LogP contribution in [0.15, 0.2) is 0 Å². The van der Waals surface area contributed by atoms with E-state index in [0.717, 1.165) is 32.5 Å². The average Bonchev–Trinajstić information content (AvgIpc) is 2.20. The van der Waals surface area contributed by atoms with Gasteiger partial charge >= 0.3 is 0 Å². The second kappa shape index (κ2) is 4.09. The van der Waals surface area contributed by atoms with Gasteiger partial charge in [-0.3, -0.25) is 4.79 Å². The number of piperidine rings is 2. The largest absolute Gasteiger partial charge is 0.356 e. The number of carbonyl (C=O) groups is 1. The van der Waals surface area contributed by atoms with Gasteiger partial charge in [0.2, 0.25) is 5.91 Å². The van der Waals surface area contributed by atoms with E-state index in [2.05, 4.69) is 10.6 Å². The number of rotatable bonds is 1. The molecule has 2 atom stereocenters. The maximum Gasteiger partial charge on any atom is 0.223 e. The Bertz CT molecular complexity index is 187. The van der Waals surface area contributed by atoms with Crippen LogP contribution in [0.1, 0.15) is 25.7 Å². The lowest BCUT2D eigenvalue weighted by molar-refractivity contribution is -0.128. The molecule has 0 radical (unpaired) electrons. The van der Waals surface area contributed by atoms with Gasteiger partial charge in [0.1, 0.15) is 0 Å². The standard InChI is InChI=1S/C10H18N2O/c13-10-9(4-2-6-12-10)8-3-1-5-11-7-8/h8-9,11H,1-7H2,(H,12,13). The highest BCUT2D eigenvalue weighted by atomic mass is 16.1. The highest BCUT2D eigenvalue weighted by molar-refractivity contribution is 5.79. The maximum atomic E-state index is 11.6. The van der Waals surface area contributed by atoms with Gasteiger partial charge in [-0.05, 0) is 44.7 Å². The van der Waals surface area contributed by atoms with Crippen molar-refractivity contribution >= 4 is 5.91 Å². The fourth-order valence-electron chi connectivity index (χ4n) is 2.47. The van der Waals surface area contributed by atoms with Crippen LogP contribution in [0.5, 0.6) is 0 Å². The molecule has 1 amide bonds. The monoisotopic (exact) mass is 182 g/mol. The van der Waals surface area contributed by atoms with E-state index in [1.165, 1.54) is 12.8 Å². The number of amides is 1. The van der Waals surface area contributed by atoms with Crippen molar-refractivity contribution in [1.29, 1.82) is 0 Å². The predicted molar refractivity (Wildman–Crippen MR) is 51.3 cm³/mol. The smallest absolute Gasteiger partial charge is 0.223 e. The van der Waals surface area contributed by atoms with Crippen molar-refractivity contribution in [1.82, 2.24) is 10.6 Å². The normalized spacial score (nSPS) is 35.5. The molecule has 0 aromatic rings. The maximum absolute atomic E-state index is 11.6. The summed E-state index contributed by atoms with van der Waals surface area (Å²) in [6.45, 7) is 3.05. The Hall–Kier alpha value is -0.570. The van der Waals surface area contributed by atoms with Crippen LogP contribution in [-0.2, 0) is 4.79 Å². The van der Waals surface area contributed by atoms with E-state index in [9.17, 15) is 4.79 Å². The Morgan fingerprint density at radius 2 is 2.00 bits per heavy atom. The SMILES string of the molecule is O=C1NCCCC1C1CCCNC1. The van der Waals surface area contributed by atoms with E-state index in [1.54, 1.807) is 0 Å². The molecule has 2 fully saturated rings. The second-order valence-electron chi connectivity index (χ2n) is 4.15. The molecule has 0 bridgehead atoms. The Labute approximate surface area is 79.3 Å². The summed E-state index contributed by atoms with van der Waals surface area (Å²) in [5.41, 5.74) is 0. The molecule has 0 aromatic heterocycles. The second-order valence-corrected chi connectivity index (χ2v) is 4.15. The zero-order valence-electron chi connectivity index (χ0n) is 8.01. The van der Waals surface area contributed by atoms with Crippen molar-refractivity contribution in [2.45, 2.75) is 25.7 Å². The Morgan fingerprint density at radius 3 is 2.69 bits per heavy atom. The summed E-state index contributed by atoms with van der Waals surface area (Å²) >= 11 is 0. The zero-order valence-corrected chi connectivity index (χ0v) is 8.01. The lowest BCUT2D eigenvalue weighted by Crippen LogP contribution is -2.44. The van der Waals surface area contributed by atoms with Gasteiger partial charge in [0.25, 0.3) is 0 Å². The van der Waals surface area contributed by atoms with Crippen molar-refractivity contribution in [2.75, 3.05) is 19.6 Å². The minimum Gasteiger partial charge on any atom is -0.356 e. The molecular weight excluding hydrogens is 164 g/mol. The third-order valence-corrected chi connectivity index (χ3v) is 3.23. The van der Waals surface area contributed by atoms with Gasteiger partial charge in [-0.1, -0.05) is 0 Å². The minimum absolute atomic E-state index is 0.292. The van der Waals surface area contributed by atoms with Crippen molar-refractivity contribution in [3.05, 3.63) is 0 Å². The molecule has 2 aliphatic rings. The van der Waals surface area contributed by atoms with Gasteiger partial charge in [0, 0.05) is 12.5 Å². The summed E-state index contributed by atoms with van der Waals surface area (Å²) in [6, 6.07) is 0. The zero-order chi connectivity index (χ0) is 9.10. The topological polar surface area (TPSA) is 41.1 Å². The molecule has 0 saturated carbocycles. The summed E-state index contributed by atoms with van der Waals surface area (Å²) in [7, 11) is 0. The molecule has 2 saturated heterocycles. The van der Waals surface area contributed by atoms with Crippen LogP contribution >= 0.6 is 0 Å². The van der Waals surface area contributed by atoms with Crippen LogP contribution in [-0.4, -0.2) is 25.5 Å². The lowest BCUT2D eigenvalue weighted by atomic mass is 9.81. The van der Waals surface area contributed by atoms with Crippen molar-refractivity contribution in [2.24, 2.45) is 11.8 Å². The van der Waals surface area contributed by atoms with Crippen LogP contribution in [0.3, 0.4) is 0 Å². The number of nitrogens with one attached hydrogen (secondary N) is 2. The molecule has 13 heavy (non-hydrogen) atoms. The molecule has 0 aliphatic carbocycles. The van der Waals surface area contributed by atoms with Gasteiger partial charge < -0.3 is 10.6 Å². The Kier molecular flexibility index (Phi) is 2.83. The molecule has 0 spiro atoms. The summed E-state index contributed by atoms with van der Waals surface area (Å²) < 4.78 is 0. The third-order valence-electron chi connectivity index (χ3n) is 3.23. The van der Waals surface area contributed by atoms with Crippen LogP contribution < -0.4 is 10.6 Å².